The van der Waals surface area contributed by atoms with Crippen LogP contribution in [-0.2, 0) is 37.1 Å². The second-order valence-corrected chi connectivity index (χ2v) is 10.7. The van der Waals surface area contributed by atoms with Gasteiger partial charge in [-0.3, -0.25) is 4.98 Å². The number of fused-ring (bicyclic) bond motifs is 3. The first-order valence-electron chi connectivity index (χ1n) is 11.9. The maximum absolute atomic E-state index is 14.8. The van der Waals surface area contributed by atoms with Crippen molar-refractivity contribution in [1.29, 1.82) is 0 Å². The molecule has 4 heterocycles. The van der Waals surface area contributed by atoms with Crippen LogP contribution in [0.5, 0.6) is 0 Å². The number of halogens is 2. The summed E-state index contributed by atoms with van der Waals surface area (Å²) >= 11 is -1.40. The lowest BCUT2D eigenvalue weighted by molar-refractivity contribution is 0.530. The zero-order valence-corrected chi connectivity index (χ0v) is 20.9. The fourth-order valence-corrected chi connectivity index (χ4v) is 5.85. The summed E-state index contributed by atoms with van der Waals surface area (Å²) in [5, 5.41) is 1.68. The highest BCUT2D eigenvalue weighted by molar-refractivity contribution is 7.90. The first kappa shape index (κ1) is 23.1. The van der Waals surface area contributed by atoms with Crippen LogP contribution in [0.1, 0.15) is 29.3 Å². The van der Waals surface area contributed by atoms with E-state index in [0.29, 0.717) is 49.2 Å². The van der Waals surface area contributed by atoms with E-state index in [9.17, 15) is 13.3 Å². The minimum atomic E-state index is -1.40. The molecule has 2 aliphatic heterocycles. The maximum atomic E-state index is 14.8. The number of hydrogen-bond acceptors (Lipinski definition) is 6. The van der Waals surface area contributed by atoms with Gasteiger partial charge in [0.05, 0.1) is 18.4 Å². The van der Waals surface area contributed by atoms with Gasteiger partial charge in [-0.15, -0.1) is 0 Å². The van der Waals surface area contributed by atoms with Crippen LogP contribution < -0.4 is 9.80 Å². The fraction of sp³-hybridized carbons (Fsp3) is 0.296. The molecule has 2 atom stereocenters. The van der Waals surface area contributed by atoms with Gasteiger partial charge in [0.1, 0.15) is 23.7 Å². The highest BCUT2D eigenvalue weighted by Crippen LogP contribution is 2.37. The zero-order valence-electron chi connectivity index (χ0n) is 20.0. The summed E-state index contributed by atoms with van der Waals surface area (Å²) in [5.74, 6) is 0.129. The number of hydrogen-bond donors (Lipinski definition) is 0. The number of rotatable bonds is 3. The quantitative estimate of drug-likeness (QED) is 0.301. The highest BCUT2D eigenvalue weighted by atomic mass is 32.2. The Morgan fingerprint density at radius 2 is 1.81 bits per heavy atom. The van der Waals surface area contributed by atoms with Gasteiger partial charge < -0.3 is 14.4 Å². The van der Waals surface area contributed by atoms with Crippen molar-refractivity contribution in [2.75, 3.05) is 22.6 Å². The van der Waals surface area contributed by atoms with Crippen molar-refractivity contribution in [2.24, 2.45) is 0 Å². The van der Waals surface area contributed by atoms with Gasteiger partial charge in [0.25, 0.3) is 0 Å². The number of nitrogens with zero attached hydrogens (tertiary/aromatic N) is 5. The van der Waals surface area contributed by atoms with E-state index in [2.05, 4.69) is 26.7 Å². The molecule has 0 saturated heterocycles. The Kier molecular flexibility index (Phi) is 5.76. The molecular weight excluding hydrogens is 480 g/mol. The predicted octanol–water partition coefficient (Wildman–Crippen LogP) is 4.55. The van der Waals surface area contributed by atoms with E-state index in [1.165, 1.54) is 12.3 Å². The maximum Gasteiger partial charge on any atom is 0.344 e. The molecule has 184 valence electrons. The molecule has 0 saturated carbocycles. The van der Waals surface area contributed by atoms with Gasteiger partial charge in [0.2, 0.25) is 0 Å². The van der Waals surface area contributed by atoms with Gasteiger partial charge in [-0.25, -0.2) is 8.78 Å². The smallest absolute Gasteiger partial charge is 0.344 e. The molecule has 0 N–H and O–H groups in total. The summed E-state index contributed by atoms with van der Waals surface area (Å²) in [4.78, 5) is 17.6. The Labute approximate surface area is 211 Å². The van der Waals surface area contributed by atoms with Crippen LogP contribution in [0.2, 0.25) is 0 Å². The largest absolute Gasteiger partial charge is 0.609 e. The lowest BCUT2D eigenvalue weighted by Crippen LogP contribution is -2.42. The summed E-state index contributed by atoms with van der Waals surface area (Å²) in [6, 6.07) is 10.9. The molecule has 0 spiro atoms. The van der Waals surface area contributed by atoms with Crippen molar-refractivity contribution >= 4 is 33.5 Å². The summed E-state index contributed by atoms with van der Waals surface area (Å²) in [7, 11) is 0. The van der Waals surface area contributed by atoms with Crippen LogP contribution >= 0.6 is 0 Å². The normalized spacial score (nSPS) is 18.2. The molecule has 1 unspecified atom stereocenters. The van der Waals surface area contributed by atoms with Gasteiger partial charge in [0.15, 0.2) is 0 Å². The SMILES string of the molecule is C[C@H]1Cc2cncc(F)c2CN1c1nc([S+](C)[O-])nc2c1CCN(c1cccc3cccc(F)c13)C2. The number of benzene rings is 2. The molecule has 0 bridgehead atoms. The number of anilines is 2. The molecule has 6 nitrogen and oxygen atoms in total. The molecule has 0 radical (unpaired) electrons. The molecule has 4 aromatic rings. The number of pyridine rings is 1. The van der Waals surface area contributed by atoms with Gasteiger partial charge in [0, 0.05) is 58.7 Å². The monoisotopic (exact) mass is 505 g/mol. The van der Waals surface area contributed by atoms with Crippen LogP contribution in [0.3, 0.4) is 0 Å². The molecule has 6 rings (SSSR count). The molecule has 9 heteroatoms. The average molecular weight is 506 g/mol. The van der Waals surface area contributed by atoms with Crippen molar-refractivity contribution in [3.05, 3.63) is 82.8 Å². The van der Waals surface area contributed by atoms with Crippen LogP contribution in [0.25, 0.3) is 10.8 Å². The van der Waals surface area contributed by atoms with Crippen molar-refractivity contribution < 1.29 is 13.3 Å². The standard InChI is InChI=1S/C27H25F2N5OS/c1-16-11-18-12-30-13-22(29)20(18)14-34(16)26-19-9-10-33(15-23(19)31-27(32-26)36(2)35)24-8-4-6-17-5-3-7-21(28)25(17)24/h3-8,12-13,16H,9-11,14-15H2,1-2H3/t16-,36?/m0/s1. The van der Waals surface area contributed by atoms with E-state index in [1.54, 1.807) is 18.5 Å². The minimum Gasteiger partial charge on any atom is -0.609 e. The van der Waals surface area contributed by atoms with Crippen molar-refractivity contribution in [1.82, 2.24) is 15.0 Å². The molecule has 2 aromatic carbocycles. The van der Waals surface area contributed by atoms with Crippen LogP contribution in [0, 0.1) is 11.6 Å². The molecule has 0 fully saturated rings. The molecule has 2 aromatic heterocycles. The van der Waals surface area contributed by atoms with Gasteiger partial charge >= 0.3 is 5.16 Å². The van der Waals surface area contributed by atoms with Crippen molar-refractivity contribution in [3.63, 3.8) is 0 Å². The number of aromatic nitrogens is 3. The summed E-state index contributed by atoms with van der Waals surface area (Å²) in [5.41, 5.74) is 4.10. The Morgan fingerprint density at radius 3 is 2.61 bits per heavy atom. The Hall–Kier alpha value is -3.30. The van der Waals surface area contributed by atoms with Crippen LogP contribution in [0.15, 0.2) is 53.9 Å². The highest BCUT2D eigenvalue weighted by Gasteiger charge is 2.33. The minimum absolute atomic E-state index is 0.0587. The van der Waals surface area contributed by atoms with E-state index in [1.807, 2.05) is 24.3 Å². The second-order valence-electron chi connectivity index (χ2n) is 9.44. The summed E-state index contributed by atoms with van der Waals surface area (Å²) in [6.45, 7) is 3.54. The Balaban J connectivity index is 1.42. The molecular formula is C27H25F2N5OS. The average Bonchev–Trinajstić information content (AvgIpc) is 2.87. The fourth-order valence-electron chi connectivity index (χ4n) is 5.39. The Morgan fingerprint density at radius 1 is 1.00 bits per heavy atom. The molecule has 0 aliphatic carbocycles. The third kappa shape index (κ3) is 3.87. The van der Waals surface area contributed by atoms with E-state index < -0.39 is 11.2 Å². The van der Waals surface area contributed by atoms with E-state index in [4.69, 9.17) is 4.98 Å². The van der Waals surface area contributed by atoms with Gasteiger partial charge in [-0.1, -0.05) is 24.3 Å². The topological polar surface area (TPSA) is 68.2 Å². The summed E-state index contributed by atoms with van der Waals surface area (Å²) < 4.78 is 42.0. The molecule has 2 aliphatic rings. The van der Waals surface area contributed by atoms with E-state index in [-0.39, 0.29) is 22.8 Å². The van der Waals surface area contributed by atoms with Crippen LogP contribution in [0.4, 0.5) is 20.3 Å². The molecule has 36 heavy (non-hydrogen) atoms. The first-order chi connectivity index (χ1) is 17.4. The molecule has 0 amide bonds. The van der Waals surface area contributed by atoms with E-state index in [0.717, 1.165) is 27.9 Å². The first-order valence-corrected chi connectivity index (χ1v) is 13.5. The predicted molar refractivity (Wildman–Crippen MR) is 137 cm³/mol. The van der Waals surface area contributed by atoms with Crippen molar-refractivity contribution in [3.8, 4) is 0 Å². The lowest BCUT2D eigenvalue weighted by atomic mass is 9.95. The summed E-state index contributed by atoms with van der Waals surface area (Å²) in [6.07, 6.45) is 5.82. The second kappa shape index (κ2) is 8.97. The zero-order chi connectivity index (χ0) is 25.0. The van der Waals surface area contributed by atoms with Gasteiger partial charge in [-0.05, 0) is 42.8 Å². The van der Waals surface area contributed by atoms with Crippen LogP contribution in [-0.4, -0.2) is 38.3 Å². The van der Waals surface area contributed by atoms with Crippen molar-refractivity contribution in [2.45, 2.75) is 44.1 Å². The third-order valence-electron chi connectivity index (χ3n) is 7.19. The van der Waals surface area contributed by atoms with Gasteiger partial charge in [-0.2, -0.15) is 9.97 Å². The van der Waals surface area contributed by atoms with E-state index >= 15 is 0 Å². The lowest BCUT2D eigenvalue weighted by Gasteiger charge is -2.39. The Bertz CT molecular complexity index is 1480. The third-order valence-corrected chi connectivity index (χ3v) is 7.89.